The number of nitrogens with one attached hydrogen (secondary N) is 3. The first-order chi connectivity index (χ1) is 24.2. The maximum Gasteiger partial charge on any atom is 0.407 e. The van der Waals surface area contributed by atoms with E-state index in [0.717, 1.165) is 35.6 Å². The van der Waals surface area contributed by atoms with Crippen molar-refractivity contribution >= 4 is 50.7 Å². The minimum absolute atomic E-state index is 0.0158. The van der Waals surface area contributed by atoms with E-state index < -0.39 is 74.1 Å². The molecule has 13 nitrogen and oxygen atoms in total. The molecular formula is C37H47N5O8S. The minimum Gasteiger partial charge on any atom is -0.472 e. The molecule has 1 aromatic carbocycles. The number of cyclic esters (lactones) is 1. The number of hydrogen-bond acceptors (Lipinski definition) is 9. The Morgan fingerprint density at radius 3 is 2.63 bits per heavy atom. The second-order valence-corrected chi connectivity index (χ2v) is 17.1. The summed E-state index contributed by atoms with van der Waals surface area (Å²) in [6, 6.07) is 5.69. The second kappa shape index (κ2) is 14.3. The third kappa shape index (κ3) is 8.05. The van der Waals surface area contributed by atoms with Gasteiger partial charge in [0.05, 0.1) is 18.4 Å². The van der Waals surface area contributed by atoms with E-state index in [1.54, 1.807) is 27.0 Å². The molecule has 3 fully saturated rings. The Labute approximate surface area is 298 Å². The molecule has 4 bridgehead atoms. The highest BCUT2D eigenvalue weighted by atomic mass is 32.2. The number of aromatic nitrogens is 1. The van der Waals surface area contributed by atoms with Crippen LogP contribution in [0.1, 0.15) is 77.7 Å². The molecule has 6 rings (SSSR count). The second-order valence-electron chi connectivity index (χ2n) is 15.1. The lowest BCUT2D eigenvalue weighted by Crippen LogP contribution is -2.60. The van der Waals surface area contributed by atoms with Crippen LogP contribution in [0.15, 0.2) is 49.2 Å². The van der Waals surface area contributed by atoms with Crippen LogP contribution >= 0.6 is 0 Å². The van der Waals surface area contributed by atoms with Gasteiger partial charge in [-0.25, -0.2) is 18.2 Å². The molecule has 1 saturated heterocycles. The lowest BCUT2D eigenvalue weighted by molar-refractivity contribution is -0.142. The number of rotatable bonds is 6. The largest absolute Gasteiger partial charge is 0.472 e. The van der Waals surface area contributed by atoms with Crippen LogP contribution in [-0.4, -0.2) is 84.2 Å². The molecule has 2 aliphatic carbocycles. The van der Waals surface area contributed by atoms with Crippen molar-refractivity contribution in [2.75, 3.05) is 13.2 Å². The molecule has 5 atom stereocenters. The van der Waals surface area contributed by atoms with E-state index in [1.807, 2.05) is 30.3 Å². The Morgan fingerprint density at radius 1 is 1.14 bits per heavy atom. The van der Waals surface area contributed by atoms with Gasteiger partial charge in [-0.3, -0.25) is 19.1 Å². The molecule has 3 N–H and O–H groups in total. The van der Waals surface area contributed by atoms with E-state index in [4.69, 9.17) is 9.47 Å². The fraction of sp³-hybridized carbons (Fsp3) is 0.541. The first-order valence-corrected chi connectivity index (χ1v) is 19.2. The standard InChI is InChI=1S/C37H47N5O8S/c1-5-25-21-37(25,34(45)41-51(47,48)27-14-15-27)40-31(43)29-20-26-22-42(29)33(44)30(36(2,3)4)39-35(46)49-18-10-8-6-7-9-11-23-12-13-24-16-17-38-32(50-26)28(24)19-23/h5,9,11-13,16-17,19,25-27,29-30H,1,6-8,10,14-15,18,20-22H2,2-4H3,(H,39,46)(H,40,43)(H,41,45)/b11-9+/t25-,26-,29+,30-,37?/m1/s1. The summed E-state index contributed by atoms with van der Waals surface area (Å²) < 4.78 is 39.4. The van der Waals surface area contributed by atoms with Crippen molar-refractivity contribution in [1.82, 2.24) is 25.2 Å². The number of amides is 4. The van der Waals surface area contributed by atoms with Crippen LogP contribution in [0.3, 0.4) is 0 Å². The fourth-order valence-corrected chi connectivity index (χ4v) is 8.17. The summed E-state index contributed by atoms with van der Waals surface area (Å²) in [5.41, 5.74) is -1.35. The van der Waals surface area contributed by atoms with Crippen molar-refractivity contribution in [3.63, 3.8) is 0 Å². The number of benzene rings is 1. The van der Waals surface area contributed by atoms with Crippen LogP contribution in [0.5, 0.6) is 5.88 Å². The zero-order valence-corrected chi connectivity index (χ0v) is 30.2. The average Bonchev–Trinajstić information content (AvgIpc) is 4.00. The monoisotopic (exact) mass is 721 g/mol. The van der Waals surface area contributed by atoms with E-state index in [2.05, 4.69) is 33.0 Å². The third-order valence-corrected chi connectivity index (χ3v) is 11.9. The molecule has 274 valence electrons. The lowest BCUT2D eigenvalue weighted by Gasteiger charge is -2.35. The fourth-order valence-electron chi connectivity index (χ4n) is 6.81. The number of hydrogen-bond donors (Lipinski definition) is 3. The van der Waals surface area contributed by atoms with Crippen molar-refractivity contribution in [2.45, 2.75) is 101 Å². The molecule has 4 amide bonds. The summed E-state index contributed by atoms with van der Waals surface area (Å²) in [4.78, 5) is 61.0. The molecule has 2 aliphatic heterocycles. The van der Waals surface area contributed by atoms with Crippen molar-refractivity contribution < 1.29 is 37.1 Å². The molecule has 4 aliphatic rings. The zero-order chi connectivity index (χ0) is 36.6. The van der Waals surface area contributed by atoms with E-state index in [-0.39, 0.29) is 26.0 Å². The van der Waals surface area contributed by atoms with Crippen LogP contribution in [-0.2, 0) is 29.1 Å². The van der Waals surface area contributed by atoms with Gasteiger partial charge in [0, 0.05) is 23.9 Å². The van der Waals surface area contributed by atoms with Gasteiger partial charge < -0.3 is 25.0 Å². The number of ether oxygens (including phenoxy) is 2. The number of fused-ring (bicyclic) bond motifs is 3. The Bertz CT molecular complexity index is 1850. The van der Waals surface area contributed by atoms with Crippen LogP contribution in [0.25, 0.3) is 16.8 Å². The summed E-state index contributed by atoms with van der Waals surface area (Å²) in [6.45, 7) is 9.36. The maximum atomic E-state index is 14.4. The van der Waals surface area contributed by atoms with E-state index in [0.29, 0.717) is 25.1 Å². The van der Waals surface area contributed by atoms with E-state index in [1.165, 1.54) is 11.0 Å². The lowest BCUT2D eigenvalue weighted by atomic mass is 9.85. The topological polar surface area (TPSA) is 173 Å². The molecule has 51 heavy (non-hydrogen) atoms. The zero-order valence-electron chi connectivity index (χ0n) is 29.4. The van der Waals surface area contributed by atoms with E-state index in [9.17, 15) is 27.6 Å². The van der Waals surface area contributed by atoms with Gasteiger partial charge in [-0.1, -0.05) is 51.1 Å². The number of carbonyl (C=O) groups excluding carboxylic acids is 4. The molecule has 2 saturated carbocycles. The number of nitrogens with zero attached hydrogens (tertiary/aromatic N) is 2. The molecule has 3 heterocycles. The highest BCUT2D eigenvalue weighted by molar-refractivity contribution is 7.91. The molecule has 0 spiro atoms. The number of carbonyl (C=O) groups is 4. The number of alkyl carbamates (subject to hydrolysis) is 1. The summed E-state index contributed by atoms with van der Waals surface area (Å²) >= 11 is 0. The first-order valence-electron chi connectivity index (χ1n) is 17.7. The minimum atomic E-state index is -3.89. The maximum absolute atomic E-state index is 14.4. The Morgan fingerprint density at radius 2 is 1.92 bits per heavy atom. The quantitative estimate of drug-likeness (QED) is 0.373. The van der Waals surface area contributed by atoms with E-state index >= 15 is 0 Å². The number of sulfonamides is 1. The number of pyridine rings is 1. The highest BCUT2D eigenvalue weighted by Gasteiger charge is 2.62. The summed E-state index contributed by atoms with van der Waals surface area (Å²) in [7, 11) is -3.89. The van der Waals surface area contributed by atoms with Gasteiger partial charge in [0.1, 0.15) is 23.7 Å². The smallest absolute Gasteiger partial charge is 0.407 e. The third-order valence-electron chi connectivity index (χ3n) is 10.1. The van der Waals surface area contributed by atoms with Crippen molar-refractivity contribution in [1.29, 1.82) is 0 Å². The van der Waals surface area contributed by atoms with Crippen LogP contribution < -0.4 is 20.1 Å². The molecule has 14 heteroatoms. The molecule has 1 aromatic heterocycles. The normalized spacial score (nSPS) is 28.2. The molecule has 1 unspecified atom stereocenters. The summed E-state index contributed by atoms with van der Waals surface area (Å²) in [5.74, 6) is -2.16. The van der Waals surface area contributed by atoms with Crippen molar-refractivity contribution in [2.24, 2.45) is 11.3 Å². The Kier molecular flexibility index (Phi) is 10.2. The summed E-state index contributed by atoms with van der Waals surface area (Å²) in [6.07, 6.45) is 10.3. The first kappa shape index (κ1) is 36.3. The van der Waals surface area contributed by atoms with Gasteiger partial charge >= 0.3 is 6.09 Å². The van der Waals surface area contributed by atoms with Gasteiger partial charge in [0.15, 0.2) is 0 Å². The Hall–Kier alpha value is -4.46. The van der Waals surface area contributed by atoms with Crippen molar-refractivity contribution in [3.8, 4) is 5.88 Å². The van der Waals surface area contributed by atoms with Crippen LogP contribution in [0.2, 0.25) is 0 Å². The van der Waals surface area contributed by atoms with Gasteiger partial charge in [-0.2, -0.15) is 0 Å². The molecular weight excluding hydrogens is 675 g/mol. The average molecular weight is 722 g/mol. The summed E-state index contributed by atoms with van der Waals surface area (Å²) in [5, 5.41) is 6.59. The molecule has 2 aromatic rings. The highest BCUT2D eigenvalue weighted by Crippen LogP contribution is 2.45. The number of allylic oxidation sites excluding steroid dienone is 1. The van der Waals surface area contributed by atoms with Gasteiger partial charge in [-0.15, -0.1) is 6.58 Å². The predicted octanol–water partition coefficient (Wildman–Crippen LogP) is 3.98. The van der Waals surface area contributed by atoms with Crippen LogP contribution in [0, 0.1) is 11.3 Å². The van der Waals surface area contributed by atoms with Crippen LogP contribution in [0.4, 0.5) is 4.79 Å². The predicted molar refractivity (Wildman–Crippen MR) is 191 cm³/mol. The Balaban J connectivity index is 1.32. The molecule has 0 radical (unpaired) electrons. The van der Waals surface area contributed by atoms with Crippen molar-refractivity contribution in [3.05, 3.63) is 54.8 Å². The van der Waals surface area contributed by atoms with Gasteiger partial charge in [0.2, 0.25) is 27.7 Å². The van der Waals surface area contributed by atoms with Gasteiger partial charge in [0.25, 0.3) is 5.91 Å². The van der Waals surface area contributed by atoms with Gasteiger partial charge in [-0.05, 0) is 73.4 Å². The SMILES string of the molecule is C=C[C@@H]1CC1(NC(=O)[C@@H]1C[C@@H]2CN1C(=O)[C@H](C(C)(C)C)NC(=O)OCCCCC/C=C/c1ccc3ccnc(c3c1)O2)C(=O)NS(=O)(=O)C1CC1.